The van der Waals surface area contributed by atoms with Crippen molar-refractivity contribution in [1.29, 1.82) is 0 Å². The highest BCUT2D eigenvalue weighted by Crippen LogP contribution is 2.40. The lowest BCUT2D eigenvalue weighted by molar-refractivity contribution is -0.384. The summed E-state index contributed by atoms with van der Waals surface area (Å²) in [6.45, 7) is 4.77. The normalized spacial score (nSPS) is 16.1. The van der Waals surface area contributed by atoms with Gasteiger partial charge in [-0.1, -0.05) is 6.42 Å². The molecule has 0 atom stereocenters. The minimum atomic E-state index is -0.370. The van der Waals surface area contributed by atoms with Gasteiger partial charge in [0.2, 0.25) is 0 Å². The van der Waals surface area contributed by atoms with Crippen LogP contribution in [0.2, 0.25) is 0 Å². The molecule has 1 fully saturated rings. The molecule has 4 heterocycles. The summed E-state index contributed by atoms with van der Waals surface area (Å²) in [5.74, 6) is 0. The standard InChI is InChI=1S/C25H27N5O2S/c31-30(32)20-8-5-18(6-9-20)22-17-29-24-21-16-28(14-4-13-27-11-2-1-3-12-27)15-19(21)7-10-23(24)33-25(29)26-22/h5-6,8-9,15-17H,1-4,7,10-14H2. The molecule has 170 valence electrons. The molecule has 1 aliphatic carbocycles. The first-order valence-corrected chi connectivity index (χ1v) is 12.6. The largest absolute Gasteiger partial charge is 0.353 e. The first-order valence-electron chi connectivity index (χ1n) is 11.8. The maximum absolute atomic E-state index is 11.0. The minimum absolute atomic E-state index is 0.100. The van der Waals surface area contributed by atoms with E-state index in [9.17, 15) is 10.1 Å². The number of nitro benzene ring substituents is 1. The number of likely N-dealkylation sites (tertiary alicyclic amines) is 1. The third-order valence-corrected chi connectivity index (χ3v) is 8.06. The summed E-state index contributed by atoms with van der Waals surface area (Å²) in [7, 11) is 0. The first kappa shape index (κ1) is 20.6. The lowest BCUT2D eigenvalue weighted by atomic mass is 9.98. The second kappa shape index (κ2) is 8.43. The number of thiazole rings is 1. The molecule has 2 aliphatic rings. The van der Waals surface area contributed by atoms with Gasteiger partial charge in [0.15, 0.2) is 4.96 Å². The number of rotatable bonds is 6. The number of aromatic nitrogens is 3. The van der Waals surface area contributed by atoms with Gasteiger partial charge in [-0.15, -0.1) is 11.3 Å². The summed E-state index contributed by atoms with van der Waals surface area (Å²) >= 11 is 1.76. The van der Waals surface area contributed by atoms with Crippen LogP contribution in [0.15, 0.2) is 42.9 Å². The molecule has 0 amide bonds. The Labute approximate surface area is 196 Å². The van der Waals surface area contributed by atoms with Gasteiger partial charge in [-0.3, -0.25) is 14.5 Å². The van der Waals surface area contributed by atoms with E-state index in [1.165, 1.54) is 67.0 Å². The minimum Gasteiger partial charge on any atom is -0.353 e. The molecule has 8 heteroatoms. The van der Waals surface area contributed by atoms with Crippen molar-refractivity contribution in [3.8, 4) is 22.5 Å². The van der Waals surface area contributed by atoms with E-state index in [1.807, 2.05) is 0 Å². The van der Waals surface area contributed by atoms with Crippen molar-refractivity contribution < 1.29 is 4.92 Å². The van der Waals surface area contributed by atoms with E-state index in [2.05, 4.69) is 32.5 Å². The Balaban J connectivity index is 1.25. The van der Waals surface area contributed by atoms with Crippen LogP contribution in [-0.4, -0.2) is 43.4 Å². The Morgan fingerprint density at radius 2 is 1.82 bits per heavy atom. The number of imidazole rings is 1. The SMILES string of the molecule is O=[N+]([O-])c1ccc(-c2cn3c4c(sc3n2)CCc2cn(CCCN3CCCCC3)cc2-4)cc1. The van der Waals surface area contributed by atoms with Gasteiger partial charge in [0.1, 0.15) is 0 Å². The summed E-state index contributed by atoms with van der Waals surface area (Å²) < 4.78 is 4.59. The molecule has 0 unspecified atom stereocenters. The number of fused-ring (bicyclic) bond motifs is 5. The molecule has 33 heavy (non-hydrogen) atoms. The van der Waals surface area contributed by atoms with Gasteiger partial charge in [0, 0.05) is 53.3 Å². The Morgan fingerprint density at radius 3 is 2.61 bits per heavy atom. The van der Waals surface area contributed by atoms with Crippen LogP contribution in [0.25, 0.3) is 27.5 Å². The number of hydrogen-bond donors (Lipinski definition) is 0. The zero-order valence-corrected chi connectivity index (χ0v) is 19.4. The quantitative estimate of drug-likeness (QED) is 0.284. The molecular weight excluding hydrogens is 434 g/mol. The lowest BCUT2D eigenvalue weighted by Crippen LogP contribution is -2.31. The molecular formula is C25H27N5O2S. The van der Waals surface area contributed by atoms with Gasteiger partial charge in [0.05, 0.1) is 16.3 Å². The van der Waals surface area contributed by atoms with E-state index in [4.69, 9.17) is 4.98 Å². The topological polar surface area (TPSA) is 68.6 Å². The van der Waals surface area contributed by atoms with Crippen LogP contribution in [0.1, 0.15) is 36.1 Å². The molecule has 0 N–H and O–H groups in total. The average Bonchev–Trinajstić information content (AvgIpc) is 3.51. The van der Waals surface area contributed by atoms with E-state index < -0.39 is 0 Å². The van der Waals surface area contributed by atoms with E-state index >= 15 is 0 Å². The Hall–Kier alpha value is -2.97. The van der Waals surface area contributed by atoms with Gasteiger partial charge in [-0.05, 0) is 69.4 Å². The Morgan fingerprint density at radius 1 is 1.00 bits per heavy atom. The van der Waals surface area contributed by atoms with Crippen LogP contribution in [0, 0.1) is 10.1 Å². The molecule has 1 aromatic carbocycles. The van der Waals surface area contributed by atoms with Gasteiger partial charge >= 0.3 is 0 Å². The fraction of sp³-hybridized carbons (Fsp3) is 0.400. The third-order valence-electron chi connectivity index (χ3n) is 6.95. The highest BCUT2D eigenvalue weighted by Gasteiger charge is 2.24. The summed E-state index contributed by atoms with van der Waals surface area (Å²) in [5, 5.41) is 11.0. The van der Waals surface area contributed by atoms with Crippen LogP contribution in [0.3, 0.4) is 0 Å². The van der Waals surface area contributed by atoms with Crippen molar-refractivity contribution in [2.45, 2.75) is 45.1 Å². The molecule has 1 saturated heterocycles. The summed E-state index contributed by atoms with van der Waals surface area (Å²) in [6.07, 6.45) is 14.2. The van der Waals surface area contributed by atoms with Crippen molar-refractivity contribution in [1.82, 2.24) is 18.9 Å². The van der Waals surface area contributed by atoms with E-state index in [-0.39, 0.29) is 10.6 Å². The number of hydrogen-bond acceptors (Lipinski definition) is 5. The van der Waals surface area contributed by atoms with Crippen LogP contribution < -0.4 is 0 Å². The van der Waals surface area contributed by atoms with Crippen LogP contribution in [0.4, 0.5) is 5.69 Å². The van der Waals surface area contributed by atoms with E-state index in [1.54, 1.807) is 35.6 Å². The second-order valence-electron chi connectivity index (χ2n) is 9.15. The van der Waals surface area contributed by atoms with Crippen LogP contribution in [0.5, 0.6) is 0 Å². The van der Waals surface area contributed by atoms with Crippen molar-refractivity contribution >= 4 is 22.0 Å². The molecule has 1 aliphatic heterocycles. The lowest BCUT2D eigenvalue weighted by Gasteiger charge is -2.26. The van der Waals surface area contributed by atoms with Gasteiger partial charge in [-0.2, -0.15) is 0 Å². The highest BCUT2D eigenvalue weighted by molar-refractivity contribution is 7.17. The van der Waals surface area contributed by atoms with Crippen molar-refractivity contribution in [2.24, 2.45) is 0 Å². The smallest absolute Gasteiger partial charge is 0.269 e. The molecule has 4 aromatic rings. The zero-order valence-electron chi connectivity index (χ0n) is 18.6. The molecule has 6 rings (SSSR count). The second-order valence-corrected chi connectivity index (χ2v) is 10.2. The highest BCUT2D eigenvalue weighted by atomic mass is 32.1. The molecule has 0 radical (unpaired) electrons. The maximum atomic E-state index is 11.0. The van der Waals surface area contributed by atoms with Gasteiger partial charge in [0.25, 0.3) is 5.69 Å². The Kier molecular flexibility index (Phi) is 5.27. The van der Waals surface area contributed by atoms with Crippen LogP contribution >= 0.6 is 11.3 Å². The molecule has 7 nitrogen and oxygen atoms in total. The van der Waals surface area contributed by atoms with Crippen molar-refractivity contribution in [3.05, 3.63) is 63.4 Å². The number of benzene rings is 1. The Bertz CT molecular complexity index is 1310. The predicted octanol–water partition coefficient (Wildman–Crippen LogP) is 5.41. The monoisotopic (exact) mass is 461 g/mol. The fourth-order valence-corrected chi connectivity index (χ4v) is 6.35. The van der Waals surface area contributed by atoms with Crippen molar-refractivity contribution in [2.75, 3.05) is 19.6 Å². The number of nitrogens with zero attached hydrogens (tertiary/aromatic N) is 5. The zero-order chi connectivity index (χ0) is 22.4. The van der Waals surface area contributed by atoms with Crippen molar-refractivity contribution in [3.63, 3.8) is 0 Å². The third kappa shape index (κ3) is 3.87. The summed E-state index contributed by atoms with van der Waals surface area (Å²) in [6, 6.07) is 6.64. The average molecular weight is 462 g/mol. The van der Waals surface area contributed by atoms with E-state index in [0.29, 0.717) is 0 Å². The number of piperidine rings is 1. The van der Waals surface area contributed by atoms with E-state index in [0.717, 1.165) is 35.6 Å². The predicted molar refractivity (Wildman–Crippen MR) is 131 cm³/mol. The first-order chi connectivity index (χ1) is 16.2. The summed E-state index contributed by atoms with van der Waals surface area (Å²) in [5.41, 5.74) is 5.87. The fourth-order valence-electron chi connectivity index (χ4n) is 5.24. The maximum Gasteiger partial charge on any atom is 0.269 e. The number of aryl methyl sites for hydroxylation is 3. The van der Waals surface area contributed by atoms with Gasteiger partial charge < -0.3 is 9.47 Å². The molecule has 0 spiro atoms. The molecule has 0 bridgehead atoms. The summed E-state index contributed by atoms with van der Waals surface area (Å²) in [4.78, 5) is 20.4. The molecule has 0 saturated carbocycles. The number of non-ortho nitro benzene ring substituents is 1. The number of nitro groups is 1. The van der Waals surface area contributed by atoms with Gasteiger partial charge in [-0.25, -0.2) is 4.98 Å². The molecule has 3 aromatic heterocycles. The van der Waals surface area contributed by atoms with Crippen LogP contribution in [-0.2, 0) is 19.4 Å².